The molecule has 0 amide bonds. The van der Waals surface area contributed by atoms with Crippen LogP contribution in [0, 0.1) is 0 Å². The number of rotatable bonds is 4. The van der Waals surface area contributed by atoms with E-state index in [0.29, 0.717) is 32.6 Å². The number of benzene rings is 4. The normalized spacial score (nSPS) is 14.3. The summed E-state index contributed by atoms with van der Waals surface area (Å²) >= 11 is 0. The van der Waals surface area contributed by atoms with Crippen LogP contribution in [0.4, 0.5) is 52.7 Å². The Morgan fingerprint density at radius 3 is 0.957 bits per heavy atom. The second kappa shape index (κ2) is 11.0. The Bertz CT molecular complexity index is 1660. The van der Waals surface area contributed by atoms with Gasteiger partial charge in [-0.3, -0.25) is 0 Å². The average Bonchev–Trinajstić information content (AvgIpc) is 3.33. The van der Waals surface area contributed by atoms with Crippen LogP contribution in [0.3, 0.4) is 0 Å². The van der Waals surface area contributed by atoms with Crippen LogP contribution in [0.1, 0.15) is 33.4 Å². The molecule has 4 aromatic carbocycles. The van der Waals surface area contributed by atoms with Crippen LogP contribution < -0.4 is 20.7 Å². The minimum Gasteiger partial charge on any atom is -0.166 e. The van der Waals surface area contributed by atoms with Gasteiger partial charge in [-0.05, 0) is 40.8 Å². The van der Waals surface area contributed by atoms with Gasteiger partial charge in [0, 0.05) is 0 Å². The van der Waals surface area contributed by atoms with Gasteiger partial charge in [0.05, 0.1) is 22.3 Å². The van der Waals surface area contributed by atoms with E-state index in [1.807, 2.05) is 0 Å². The van der Waals surface area contributed by atoms with Crippen molar-refractivity contribution in [1.29, 1.82) is 0 Å². The maximum absolute atomic E-state index is 13.7. The van der Waals surface area contributed by atoms with Gasteiger partial charge in [0.25, 0.3) is 0 Å². The Balaban J connectivity index is 1.66. The standard InChI is InChI=1S/C33H26F12Si2/c1-46(2,22-13-18(30(34,35)36)11-19(14-22)31(37,38)39)28-9-5-7-24-25-8-6-10-29(27(25)17-26(24)28)47(3,4)23-15-20(32(40,41)42)12-21(16-23)33(43,44)45/h5-16H,17H2,1-4H3. The number of fused-ring (bicyclic) bond motifs is 3. The fourth-order valence-corrected chi connectivity index (χ4v) is 12.0. The maximum atomic E-state index is 13.7. The molecule has 0 aliphatic heterocycles. The van der Waals surface area contributed by atoms with Crippen LogP contribution >= 0.6 is 0 Å². The summed E-state index contributed by atoms with van der Waals surface area (Å²) in [5, 5.41) is 0.954. The molecule has 0 bridgehead atoms. The Labute approximate surface area is 264 Å². The first-order chi connectivity index (χ1) is 21.3. The van der Waals surface area contributed by atoms with Crippen LogP contribution in [0.5, 0.6) is 0 Å². The SMILES string of the molecule is C[Si](C)(c1cc(C(F)(F)F)cc(C(F)(F)F)c1)c1cccc2c1Cc1c-2cccc1[Si](C)(C)c1cc(C(F)(F)F)cc(C(F)(F)F)c1. The highest BCUT2D eigenvalue weighted by atomic mass is 28.3. The third-order valence-corrected chi connectivity index (χ3v) is 16.1. The van der Waals surface area contributed by atoms with Crippen molar-refractivity contribution in [2.75, 3.05) is 0 Å². The predicted molar refractivity (Wildman–Crippen MR) is 161 cm³/mol. The van der Waals surface area contributed by atoms with Gasteiger partial charge in [0.1, 0.15) is 16.1 Å². The molecule has 0 spiro atoms. The Kier molecular flexibility index (Phi) is 8.15. The summed E-state index contributed by atoms with van der Waals surface area (Å²) in [7, 11) is -6.59. The van der Waals surface area contributed by atoms with Crippen molar-refractivity contribution in [2.45, 2.75) is 57.3 Å². The average molecular weight is 707 g/mol. The predicted octanol–water partition coefficient (Wildman–Crippen LogP) is 8.98. The molecule has 0 aromatic heterocycles. The van der Waals surface area contributed by atoms with Gasteiger partial charge >= 0.3 is 24.7 Å². The first kappa shape index (κ1) is 34.8. The lowest BCUT2D eigenvalue weighted by atomic mass is 10.1. The third kappa shape index (κ3) is 6.37. The largest absolute Gasteiger partial charge is 0.416 e. The molecule has 1 aliphatic carbocycles. The zero-order chi connectivity index (χ0) is 35.1. The van der Waals surface area contributed by atoms with E-state index < -0.39 is 63.1 Å². The van der Waals surface area contributed by atoms with E-state index in [1.54, 1.807) is 62.6 Å². The molecular weight excluding hydrogens is 681 g/mol. The highest BCUT2D eigenvalue weighted by Crippen LogP contribution is 2.39. The van der Waals surface area contributed by atoms with Crippen molar-refractivity contribution in [3.8, 4) is 11.1 Å². The molecule has 0 radical (unpaired) electrons. The number of alkyl halides is 12. The summed E-state index contributed by atoms with van der Waals surface area (Å²) < 4.78 is 165. The first-order valence-corrected chi connectivity index (χ1v) is 20.2. The molecule has 0 fully saturated rings. The molecule has 0 unspecified atom stereocenters. The minimum absolute atomic E-state index is 0.0796. The van der Waals surface area contributed by atoms with E-state index in [9.17, 15) is 52.7 Å². The summed E-state index contributed by atoms with van der Waals surface area (Å²) in [5.41, 5.74) is -3.06. The molecule has 0 saturated carbocycles. The Hall–Kier alpha value is -3.53. The van der Waals surface area contributed by atoms with Crippen molar-refractivity contribution >= 4 is 36.9 Å². The number of halogens is 12. The second-order valence-electron chi connectivity index (χ2n) is 12.7. The van der Waals surface area contributed by atoms with Crippen LogP contribution in [-0.4, -0.2) is 16.1 Å². The van der Waals surface area contributed by atoms with Gasteiger partial charge in [0.15, 0.2) is 0 Å². The molecule has 0 nitrogen and oxygen atoms in total. The summed E-state index contributed by atoms with van der Waals surface area (Å²) in [4.78, 5) is 0. The maximum Gasteiger partial charge on any atom is 0.416 e. The van der Waals surface area contributed by atoms with Crippen LogP contribution in [0.25, 0.3) is 11.1 Å². The minimum atomic E-state index is -5.03. The van der Waals surface area contributed by atoms with E-state index in [4.69, 9.17) is 0 Å². The fraction of sp³-hybridized carbons (Fsp3) is 0.273. The molecule has 47 heavy (non-hydrogen) atoms. The molecule has 0 heterocycles. The quantitative estimate of drug-likeness (QED) is 0.129. The van der Waals surface area contributed by atoms with Gasteiger partial charge < -0.3 is 0 Å². The Morgan fingerprint density at radius 1 is 0.426 bits per heavy atom. The van der Waals surface area contributed by atoms with Crippen LogP contribution in [-0.2, 0) is 31.1 Å². The molecule has 14 heteroatoms. The molecule has 4 aromatic rings. The zero-order valence-electron chi connectivity index (χ0n) is 25.2. The lowest BCUT2D eigenvalue weighted by molar-refractivity contribution is -0.144. The van der Waals surface area contributed by atoms with E-state index in [-0.39, 0.29) is 28.9 Å². The first-order valence-electron chi connectivity index (χ1n) is 14.2. The molecule has 0 saturated heterocycles. The smallest absolute Gasteiger partial charge is 0.166 e. The lowest BCUT2D eigenvalue weighted by Gasteiger charge is -2.29. The summed E-state index contributed by atoms with van der Waals surface area (Å²) in [6, 6.07) is 13.2. The zero-order valence-corrected chi connectivity index (χ0v) is 27.2. The van der Waals surface area contributed by atoms with Crippen molar-refractivity contribution in [3.05, 3.63) is 106 Å². The van der Waals surface area contributed by atoms with Crippen LogP contribution in [0.15, 0.2) is 72.8 Å². The van der Waals surface area contributed by atoms with Crippen molar-refractivity contribution in [3.63, 3.8) is 0 Å². The van der Waals surface area contributed by atoms with Crippen molar-refractivity contribution in [2.24, 2.45) is 0 Å². The lowest BCUT2D eigenvalue weighted by Crippen LogP contribution is -2.55. The molecule has 1 aliphatic rings. The number of hydrogen-bond donors (Lipinski definition) is 0. The topological polar surface area (TPSA) is 0 Å². The molecule has 5 rings (SSSR count). The molecule has 0 N–H and O–H groups in total. The summed E-state index contributed by atoms with van der Waals surface area (Å²) in [6.07, 6.45) is -20.0. The Morgan fingerprint density at radius 2 is 0.702 bits per heavy atom. The third-order valence-electron chi connectivity index (χ3n) is 8.96. The van der Waals surface area contributed by atoms with Gasteiger partial charge in [0.2, 0.25) is 0 Å². The van der Waals surface area contributed by atoms with E-state index >= 15 is 0 Å². The molecule has 250 valence electrons. The van der Waals surface area contributed by atoms with Gasteiger partial charge in [-0.1, -0.05) is 108 Å². The van der Waals surface area contributed by atoms with Gasteiger partial charge in [-0.2, -0.15) is 52.7 Å². The van der Waals surface area contributed by atoms with Gasteiger partial charge in [-0.25, -0.2) is 0 Å². The highest BCUT2D eigenvalue weighted by molar-refractivity contribution is 7.01. The second-order valence-corrected chi connectivity index (χ2v) is 21.4. The fourth-order valence-electron chi connectivity index (χ4n) is 6.35. The van der Waals surface area contributed by atoms with E-state index in [1.165, 1.54) is 0 Å². The molecular formula is C33H26F12Si2. The van der Waals surface area contributed by atoms with E-state index in [0.717, 1.165) is 24.3 Å². The van der Waals surface area contributed by atoms with Gasteiger partial charge in [-0.15, -0.1) is 0 Å². The van der Waals surface area contributed by atoms with Crippen molar-refractivity contribution < 1.29 is 52.7 Å². The molecule has 0 atom stereocenters. The highest BCUT2D eigenvalue weighted by Gasteiger charge is 2.43. The van der Waals surface area contributed by atoms with Crippen LogP contribution in [0.2, 0.25) is 26.2 Å². The number of hydrogen-bond acceptors (Lipinski definition) is 0. The monoisotopic (exact) mass is 706 g/mol. The van der Waals surface area contributed by atoms with Crippen molar-refractivity contribution in [1.82, 2.24) is 0 Å². The van der Waals surface area contributed by atoms with E-state index in [2.05, 4.69) is 0 Å². The summed E-state index contributed by atoms with van der Waals surface area (Å²) in [6.45, 7) is 6.56. The summed E-state index contributed by atoms with van der Waals surface area (Å²) in [5.74, 6) is 0.